The molecule has 2 radical (unpaired) electrons. The van der Waals surface area contributed by atoms with Crippen molar-refractivity contribution < 1.29 is 69.1 Å². The van der Waals surface area contributed by atoms with Crippen molar-refractivity contribution in [3.63, 3.8) is 0 Å². The van der Waals surface area contributed by atoms with Crippen LogP contribution in [0.5, 0.6) is 5.75 Å². The van der Waals surface area contributed by atoms with E-state index < -0.39 is 10.2 Å². The minimum absolute atomic E-state index is 0. The predicted molar refractivity (Wildman–Crippen MR) is 114 cm³/mol. The van der Waals surface area contributed by atoms with Crippen molar-refractivity contribution >= 4 is 5.57 Å². The van der Waals surface area contributed by atoms with Crippen LogP contribution in [0.4, 0.5) is 0 Å². The van der Waals surface area contributed by atoms with Crippen molar-refractivity contribution in [2.45, 2.75) is 0 Å². The monoisotopic (exact) mass is 564 g/mol. The van der Waals surface area contributed by atoms with E-state index in [2.05, 4.69) is 68.5 Å². The van der Waals surface area contributed by atoms with Gasteiger partial charge in [-0.2, -0.15) is 0 Å². The smallest absolute Gasteiger partial charge is 0 e. The molecule has 1 aliphatic carbocycles. The second-order valence-corrected chi connectivity index (χ2v) is 6.98. The summed E-state index contributed by atoms with van der Waals surface area (Å²) < 4.78 is 67.9. The van der Waals surface area contributed by atoms with E-state index in [4.69, 9.17) is 41.7 Å². The molecule has 0 N–H and O–H groups in total. The number of benzene rings is 2. The Morgan fingerprint density at radius 1 is 0.730 bits per heavy atom. The average molecular weight is 565 g/mol. The summed E-state index contributed by atoms with van der Waals surface area (Å²) in [5, 5.41) is 0. The number of ether oxygens (including phenoxy) is 1. The summed E-state index contributed by atoms with van der Waals surface area (Å²) in [4.78, 5) is 0. The largest absolute Gasteiger partial charge is 0.222 e. The van der Waals surface area contributed by atoms with Crippen molar-refractivity contribution in [3.05, 3.63) is 117 Å². The van der Waals surface area contributed by atoms with Gasteiger partial charge in [-0.1, -0.05) is 42.5 Å². The van der Waals surface area contributed by atoms with E-state index in [0.717, 1.165) is 34.0 Å². The van der Waals surface area contributed by atoms with E-state index in [9.17, 15) is 0 Å². The zero-order valence-corrected chi connectivity index (χ0v) is 21.0. The van der Waals surface area contributed by atoms with Gasteiger partial charge < -0.3 is 4.74 Å². The minimum atomic E-state index is -4.94. The van der Waals surface area contributed by atoms with Crippen molar-refractivity contribution in [1.29, 1.82) is 0 Å². The van der Waals surface area contributed by atoms with Crippen molar-refractivity contribution in [3.8, 4) is 28.2 Å². The number of methoxy groups -OCH3 is 1. The summed E-state index contributed by atoms with van der Waals surface area (Å²) in [6.45, 7) is 13.5. The average Bonchev–Trinajstić information content (AvgIpc) is 3.47. The van der Waals surface area contributed by atoms with E-state index in [-0.39, 0.29) is 17.1 Å². The molecule has 4 rings (SSSR count). The Hall–Kier alpha value is -3.26. The van der Waals surface area contributed by atoms with Crippen molar-refractivity contribution in [2.24, 2.45) is 0 Å². The maximum absolute atomic E-state index is 8.49. The molecule has 0 amide bonds. The molecule has 0 atom stereocenters. The molecular formula is C26H18ClMnO9. The van der Waals surface area contributed by atoms with Crippen LogP contribution >= 0.6 is 0 Å². The number of allylic oxidation sites excluding steroid dienone is 4. The van der Waals surface area contributed by atoms with E-state index in [1.807, 2.05) is 42.8 Å². The summed E-state index contributed by atoms with van der Waals surface area (Å²) in [6.07, 6.45) is 8.16. The first-order valence-electron chi connectivity index (χ1n) is 9.46. The van der Waals surface area contributed by atoms with E-state index in [1.54, 1.807) is 7.11 Å². The molecule has 0 saturated heterocycles. The molecule has 0 saturated carbocycles. The zero-order valence-electron chi connectivity index (χ0n) is 19.1. The Labute approximate surface area is 226 Å². The molecule has 9 nitrogen and oxygen atoms in total. The molecule has 1 aliphatic rings. The second-order valence-electron chi connectivity index (χ2n) is 6.22. The molecule has 1 aromatic heterocycles. The molecule has 3 aromatic rings. The molecule has 0 fully saturated rings. The molecule has 2 aromatic carbocycles. The summed E-state index contributed by atoms with van der Waals surface area (Å²) in [7, 11) is -3.27. The second kappa shape index (κ2) is 19.9. The first-order valence-corrected chi connectivity index (χ1v) is 10.7. The van der Waals surface area contributed by atoms with Crippen LogP contribution < -0.4 is 23.4 Å². The SMILES string of the molecule is COc1ccc(-c2cc(-c3ccccc3)cc(C3=C[CH]C=C3)[o+]2)cc1.[C-]#[O+].[C-]#[O+].[C-]#[O+].[Mn].[O-][Cl+3]([O-])([O-])[O-]. The van der Waals surface area contributed by atoms with E-state index >= 15 is 0 Å². The summed E-state index contributed by atoms with van der Waals surface area (Å²) >= 11 is 0. The van der Waals surface area contributed by atoms with Gasteiger partial charge >= 0.3 is 45.4 Å². The van der Waals surface area contributed by atoms with Crippen molar-refractivity contribution in [1.82, 2.24) is 0 Å². The summed E-state index contributed by atoms with van der Waals surface area (Å²) in [5.41, 5.74) is 4.40. The Bertz CT molecular complexity index is 1160. The van der Waals surface area contributed by atoms with Crippen LogP contribution in [-0.2, 0) is 31.0 Å². The number of hydrogen-bond acceptors (Lipinski definition) is 5. The molecule has 37 heavy (non-hydrogen) atoms. The summed E-state index contributed by atoms with van der Waals surface area (Å²) in [6, 6.07) is 22.5. The first kappa shape index (κ1) is 35.9. The van der Waals surface area contributed by atoms with Crippen LogP contribution in [0.15, 0.2) is 89.4 Å². The maximum Gasteiger partial charge on any atom is 0 e. The maximum atomic E-state index is 8.49. The van der Waals surface area contributed by atoms with Crippen LogP contribution in [0.25, 0.3) is 28.0 Å². The topological polar surface area (TPSA) is 172 Å². The van der Waals surface area contributed by atoms with Gasteiger partial charge in [0.2, 0.25) is 0 Å². The van der Waals surface area contributed by atoms with Crippen LogP contribution in [0.2, 0.25) is 0 Å². The molecule has 0 unspecified atom stereocenters. The molecular weight excluding hydrogens is 547 g/mol. The molecule has 0 aliphatic heterocycles. The van der Waals surface area contributed by atoms with Gasteiger partial charge in [-0.05, 0) is 35.9 Å². The first-order chi connectivity index (χ1) is 17.3. The quantitative estimate of drug-likeness (QED) is 0.261. The minimum Gasteiger partial charge on any atom is -0.222 e. The number of hydrogen-bond donors (Lipinski definition) is 0. The number of halogens is 1. The third kappa shape index (κ3) is 13.6. The van der Waals surface area contributed by atoms with Gasteiger partial charge in [0.15, 0.2) is 0 Å². The van der Waals surface area contributed by atoms with E-state index in [1.165, 1.54) is 5.56 Å². The van der Waals surface area contributed by atoms with Crippen LogP contribution in [-0.4, -0.2) is 7.11 Å². The van der Waals surface area contributed by atoms with Crippen molar-refractivity contribution in [2.75, 3.05) is 7.11 Å². The Balaban J connectivity index is 0. The number of rotatable bonds is 4. The van der Waals surface area contributed by atoms with Gasteiger partial charge in [-0.3, -0.25) is 0 Å². The summed E-state index contributed by atoms with van der Waals surface area (Å²) in [5.74, 6) is 2.52. The third-order valence-electron chi connectivity index (χ3n) is 4.22. The predicted octanol–water partition coefficient (Wildman–Crippen LogP) is 1.19. The molecule has 0 bridgehead atoms. The molecule has 1 heterocycles. The van der Waals surface area contributed by atoms with Gasteiger partial charge in [-0.25, -0.2) is 23.1 Å². The van der Waals surface area contributed by atoms with Gasteiger partial charge in [0.25, 0.3) is 0 Å². The fourth-order valence-corrected chi connectivity index (χ4v) is 2.88. The van der Waals surface area contributed by atoms with Crippen LogP contribution in [0.1, 0.15) is 5.76 Å². The fraction of sp³-hybridized carbons (Fsp3) is 0.0385. The van der Waals surface area contributed by atoms with E-state index in [0.29, 0.717) is 0 Å². The van der Waals surface area contributed by atoms with Crippen LogP contribution in [0.3, 0.4) is 0 Å². The Kier molecular flexibility index (Phi) is 19.3. The molecule has 190 valence electrons. The standard InChI is InChI=1S/C23H18O2.3CO.ClHO4.Mn/c1-24-21-13-11-19(12-14-21)23-16-20(17-7-3-2-4-8-17)15-22(25-23)18-9-5-6-10-18;3*1-2;2-1(3,4)5;/h2-16H,1H3;;;;(H,2,3,4,5);/q+1;;;;;/p-1. The molecule has 0 spiro atoms. The normalized spacial score (nSPS) is 10.5. The Morgan fingerprint density at radius 3 is 1.70 bits per heavy atom. The van der Waals surface area contributed by atoms with Crippen LogP contribution in [0, 0.1) is 36.6 Å². The third-order valence-corrected chi connectivity index (χ3v) is 4.22. The molecule has 11 heteroatoms. The zero-order chi connectivity index (χ0) is 27.6. The Morgan fingerprint density at radius 2 is 1.24 bits per heavy atom. The van der Waals surface area contributed by atoms with Gasteiger partial charge in [0.05, 0.1) is 30.4 Å². The van der Waals surface area contributed by atoms with Gasteiger partial charge in [0, 0.05) is 29.1 Å². The van der Waals surface area contributed by atoms with Gasteiger partial charge in [-0.15, -0.1) is 10.2 Å². The fourth-order valence-electron chi connectivity index (χ4n) is 2.88. The van der Waals surface area contributed by atoms with Gasteiger partial charge in [0.1, 0.15) is 5.75 Å².